The Morgan fingerprint density at radius 2 is 1.86 bits per heavy atom. The van der Waals surface area contributed by atoms with E-state index in [0.717, 1.165) is 51.0 Å². The van der Waals surface area contributed by atoms with Crippen LogP contribution in [0.3, 0.4) is 0 Å². The summed E-state index contributed by atoms with van der Waals surface area (Å²) in [6.45, 7) is 0. The SMILES string of the molecule is COc1ccc(C2=NN3[C@@H](C2)c2cc(Br)cc(Br)c2OC32CCCCC2)cc1. The second-order valence-corrected chi connectivity index (χ2v) is 9.52. The molecule has 0 N–H and O–H groups in total. The molecular formula is C22H22Br2N2O2. The van der Waals surface area contributed by atoms with E-state index in [1.807, 2.05) is 12.1 Å². The first-order valence-corrected chi connectivity index (χ1v) is 11.4. The van der Waals surface area contributed by atoms with Gasteiger partial charge in [0.2, 0.25) is 0 Å². The van der Waals surface area contributed by atoms with E-state index in [1.54, 1.807) is 7.11 Å². The van der Waals surface area contributed by atoms with Crippen molar-refractivity contribution in [3.8, 4) is 11.5 Å². The highest BCUT2D eigenvalue weighted by molar-refractivity contribution is 9.11. The minimum Gasteiger partial charge on any atom is -0.497 e. The van der Waals surface area contributed by atoms with E-state index in [0.29, 0.717) is 0 Å². The molecule has 2 aliphatic heterocycles. The highest BCUT2D eigenvalue weighted by atomic mass is 79.9. The standard InChI is InChI=1S/C22H22Br2N2O2/c1-27-16-7-5-14(6-8-16)19-13-20-17-11-15(23)12-18(24)21(17)28-22(26(20)25-19)9-3-2-4-10-22/h5-8,11-12,20H,2-4,9-10,13H2,1H3/t20-/m0/s1. The van der Waals surface area contributed by atoms with Crippen LogP contribution in [0, 0.1) is 0 Å². The number of ether oxygens (including phenoxy) is 2. The van der Waals surface area contributed by atoms with Crippen LogP contribution in [0.25, 0.3) is 0 Å². The van der Waals surface area contributed by atoms with Crippen LogP contribution in [0.4, 0.5) is 0 Å². The van der Waals surface area contributed by atoms with E-state index >= 15 is 0 Å². The predicted octanol–water partition coefficient (Wildman–Crippen LogP) is 6.42. The average Bonchev–Trinajstić information content (AvgIpc) is 3.17. The number of hydrazone groups is 1. The molecule has 6 heteroatoms. The number of hydrogen-bond acceptors (Lipinski definition) is 4. The highest BCUT2D eigenvalue weighted by Crippen LogP contribution is 2.53. The van der Waals surface area contributed by atoms with E-state index in [1.165, 1.54) is 24.8 Å². The molecule has 1 atom stereocenters. The summed E-state index contributed by atoms with van der Waals surface area (Å²) < 4.78 is 14.1. The number of rotatable bonds is 2. The molecule has 28 heavy (non-hydrogen) atoms. The van der Waals surface area contributed by atoms with Gasteiger partial charge in [-0.25, -0.2) is 5.01 Å². The molecule has 4 nitrogen and oxygen atoms in total. The van der Waals surface area contributed by atoms with Gasteiger partial charge in [0, 0.05) is 29.3 Å². The van der Waals surface area contributed by atoms with Crippen molar-refractivity contribution in [2.45, 2.75) is 50.3 Å². The van der Waals surface area contributed by atoms with Gasteiger partial charge in [0.1, 0.15) is 11.5 Å². The molecule has 5 rings (SSSR count). The summed E-state index contributed by atoms with van der Waals surface area (Å²) in [4.78, 5) is 0. The minimum atomic E-state index is -0.333. The zero-order valence-corrected chi connectivity index (χ0v) is 18.9. The number of halogens is 2. The molecular weight excluding hydrogens is 484 g/mol. The maximum absolute atomic E-state index is 6.71. The zero-order chi connectivity index (χ0) is 19.3. The predicted molar refractivity (Wildman–Crippen MR) is 117 cm³/mol. The lowest BCUT2D eigenvalue weighted by molar-refractivity contribution is -0.140. The lowest BCUT2D eigenvalue weighted by Crippen LogP contribution is -2.54. The van der Waals surface area contributed by atoms with Gasteiger partial charge in [0.25, 0.3) is 0 Å². The van der Waals surface area contributed by atoms with Gasteiger partial charge in [-0.1, -0.05) is 22.4 Å². The lowest BCUT2D eigenvalue weighted by Gasteiger charge is -2.49. The maximum atomic E-state index is 6.71. The van der Waals surface area contributed by atoms with Gasteiger partial charge in [-0.2, -0.15) is 5.10 Å². The van der Waals surface area contributed by atoms with Crippen molar-refractivity contribution in [1.29, 1.82) is 0 Å². The van der Waals surface area contributed by atoms with Crippen LogP contribution in [0.2, 0.25) is 0 Å². The first kappa shape index (κ1) is 18.5. The van der Waals surface area contributed by atoms with Crippen molar-refractivity contribution < 1.29 is 9.47 Å². The Morgan fingerprint density at radius 1 is 1.11 bits per heavy atom. The third-order valence-electron chi connectivity index (χ3n) is 6.07. The Bertz CT molecular complexity index is 936. The normalized spacial score (nSPS) is 22.3. The smallest absolute Gasteiger partial charge is 0.198 e. The maximum Gasteiger partial charge on any atom is 0.198 e. The van der Waals surface area contributed by atoms with Crippen LogP contribution >= 0.6 is 31.9 Å². The molecule has 2 heterocycles. The van der Waals surface area contributed by atoms with Crippen molar-refractivity contribution in [2.75, 3.05) is 7.11 Å². The van der Waals surface area contributed by atoms with Gasteiger partial charge < -0.3 is 9.47 Å². The van der Waals surface area contributed by atoms with Crippen LogP contribution in [0.1, 0.15) is 55.7 Å². The number of methoxy groups -OCH3 is 1. The average molecular weight is 506 g/mol. The number of hydrogen-bond donors (Lipinski definition) is 0. The van der Waals surface area contributed by atoms with Crippen LogP contribution < -0.4 is 9.47 Å². The molecule has 1 spiro atoms. The fourth-order valence-corrected chi connectivity index (χ4v) is 6.03. The van der Waals surface area contributed by atoms with Crippen LogP contribution in [-0.2, 0) is 0 Å². The molecule has 3 aliphatic rings. The quantitative estimate of drug-likeness (QED) is 0.472. The van der Waals surface area contributed by atoms with E-state index in [9.17, 15) is 0 Å². The molecule has 0 radical (unpaired) electrons. The molecule has 0 aromatic heterocycles. The third kappa shape index (κ3) is 2.96. The fourth-order valence-electron chi connectivity index (χ4n) is 4.69. The first-order valence-electron chi connectivity index (χ1n) is 9.79. The molecule has 0 amide bonds. The van der Waals surface area contributed by atoms with Crippen LogP contribution in [0.5, 0.6) is 11.5 Å². The Balaban J connectivity index is 1.59. The Labute approximate surface area is 182 Å². The summed E-state index contributed by atoms with van der Waals surface area (Å²) in [5.74, 6) is 1.85. The zero-order valence-electron chi connectivity index (χ0n) is 15.8. The summed E-state index contributed by atoms with van der Waals surface area (Å²) in [6.07, 6.45) is 6.55. The molecule has 146 valence electrons. The van der Waals surface area contributed by atoms with Crippen molar-refractivity contribution in [2.24, 2.45) is 5.10 Å². The van der Waals surface area contributed by atoms with Gasteiger partial charge in [0.05, 0.1) is 23.3 Å². The summed E-state index contributed by atoms with van der Waals surface area (Å²) in [5, 5.41) is 7.40. The lowest BCUT2D eigenvalue weighted by atomic mass is 9.86. The highest BCUT2D eigenvalue weighted by Gasteiger charge is 2.51. The largest absolute Gasteiger partial charge is 0.497 e. The molecule has 1 aliphatic carbocycles. The van der Waals surface area contributed by atoms with E-state index < -0.39 is 0 Å². The third-order valence-corrected chi connectivity index (χ3v) is 7.12. The molecule has 2 aromatic carbocycles. The van der Waals surface area contributed by atoms with Crippen molar-refractivity contribution in [3.05, 3.63) is 56.5 Å². The number of fused-ring (bicyclic) bond motifs is 4. The van der Waals surface area contributed by atoms with Gasteiger partial charge >= 0.3 is 0 Å². The van der Waals surface area contributed by atoms with E-state index in [-0.39, 0.29) is 11.8 Å². The Hall–Kier alpha value is -1.53. The number of nitrogens with zero attached hydrogens (tertiary/aromatic N) is 2. The van der Waals surface area contributed by atoms with E-state index in [4.69, 9.17) is 14.6 Å². The van der Waals surface area contributed by atoms with Gasteiger partial charge in [-0.3, -0.25) is 0 Å². The summed E-state index contributed by atoms with van der Waals surface area (Å²) in [6, 6.07) is 12.7. The summed E-state index contributed by atoms with van der Waals surface area (Å²) in [7, 11) is 1.69. The van der Waals surface area contributed by atoms with Crippen LogP contribution in [0.15, 0.2) is 50.4 Å². The molecule has 2 aromatic rings. The first-order chi connectivity index (χ1) is 13.6. The van der Waals surface area contributed by atoms with Crippen molar-refractivity contribution in [3.63, 3.8) is 0 Å². The molecule has 0 saturated heterocycles. The summed E-state index contributed by atoms with van der Waals surface area (Å²) >= 11 is 7.38. The van der Waals surface area contributed by atoms with Gasteiger partial charge in [0.15, 0.2) is 5.72 Å². The van der Waals surface area contributed by atoms with Crippen LogP contribution in [-0.4, -0.2) is 23.6 Å². The monoisotopic (exact) mass is 504 g/mol. The molecule has 1 saturated carbocycles. The van der Waals surface area contributed by atoms with Gasteiger partial charge in [-0.05, 0) is 70.7 Å². The van der Waals surface area contributed by atoms with Gasteiger partial charge in [-0.15, -0.1) is 0 Å². The minimum absolute atomic E-state index is 0.202. The number of benzene rings is 2. The van der Waals surface area contributed by atoms with Crippen molar-refractivity contribution >= 4 is 37.6 Å². The second kappa shape index (κ2) is 7.06. The topological polar surface area (TPSA) is 34.1 Å². The Kier molecular flexibility index (Phi) is 4.67. The van der Waals surface area contributed by atoms with Crippen molar-refractivity contribution in [1.82, 2.24) is 5.01 Å². The molecule has 0 bridgehead atoms. The fraction of sp³-hybridized carbons (Fsp3) is 0.409. The summed E-state index contributed by atoms with van der Waals surface area (Å²) in [5.41, 5.74) is 3.13. The molecule has 1 fully saturated rings. The Morgan fingerprint density at radius 3 is 2.57 bits per heavy atom. The molecule has 0 unspecified atom stereocenters. The van der Waals surface area contributed by atoms with E-state index in [2.05, 4.69) is 61.1 Å². The second-order valence-electron chi connectivity index (χ2n) is 7.75.